The molecule has 0 heterocycles. The van der Waals surface area contributed by atoms with Crippen LogP contribution in [0, 0.1) is 5.92 Å². The molecule has 0 saturated heterocycles. The van der Waals surface area contributed by atoms with Crippen molar-refractivity contribution in [3.8, 4) is 0 Å². The molecule has 0 aromatic carbocycles. The molecule has 1 atom stereocenters. The van der Waals surface area contributed by atoms with Gasteiger partial charge in [0.05, 0.1) is 0 Å². The van der Waals surface area contributed by atoms with Crippen LogP contribution in [0.1, 0.15) is 26.7 Å². The molecule has 1 rings (SSSR count). The fourth-order valence-electron chi connectivity index (χ4n) is 1.49. The van der Waals surface area contributed by atoms with Gasteiger partial charge in [0.1, 0.15) is 0 Å². The summed E-state index contributed by atoms with van der Waals surface area (Å²) in [6.07, 6.45) is 4.58. The van der Waals surface area contributed by atoms with Gasteiger partial charge in [-0.05, 0) is 25.7 Å². The van der Waals surface area contributed by atoms with Crippen molar-refractivity contribution >= 4 is 0 Å². The molecule has 9 heavy (non-hydrogen) atoms. The fraction of sp³-hybridized carbons (Fsp3) is 0.556. The Kier molecular flexibility index (Phi) is 1.75. The molecule has 1 aliphatic rings. The number of hydrogen-bond acceptors (Lipinski definition) is 0. The maximum absolute atomic E-state index is 3.96. The largest absolute Gasteiger partial charge is 0.0995 e. The van der Waals surface area contributed by atoms with Gasteiger partial charge in [-0.3, -0.25) is 0 Å². The van der Waals surface area contributed by atoms with E-state index in [9.17, 15) is 0 Å². The lowest BCUT2D eigenvalue weighted by atomic mass is 10.1. The SMILES string of the molecule is C=C1C/C(=C/C)C(C)C1. The third-order valence-corrected chi connectivity index (χ3v) is 2.05. The van der Waals surface area contributed by atoms with E-state index >= 15 is 0 Å². The minimum absolute atomic E-state index is 0.766. The minimum Gasteiger partial charge on any atom is -0.0995 e. The number of allylic oxidation sites excluding steroid dienone is 3. The molecule has 1 unspecified atom stereocenters. The Hall–Kier alpha value is -0.520. The second-order valence-electron chi connectivity index (χ2n) is 2.90. The second-order valence-corrected chi connectivity index (χ2v) is 2.90. The van der Waals surface area contributed by atoms with E-state index in [4.69, 9.17) is 0 Å². The van der Waals surface area contributed by atoms with Gasteiger partial charge in [-0.2, -0.15) is 0 Å². The lowest BCUT2D eigenvalue weighted by Crippen LogP contribution is -1.86. The predicted octanol–water partition coefficient (Wildman–Crippen LogP) is 2.92. The van der Waals surface area contributed by atoms with E-state index in [2.05, 4.69) is 26.5 Å². The Labute approximate surface area is 57.3 Å². The summed E-state index contributed by atoms with van der Waals surface area (Å²) in [5.74, 6) is 0.766. The van der Waals surface area contributed by atoms with Crippen LogP contribution >= 0.6 is 0 Å². The first-order valence-electron chi connectivity index (χ1n) is 3.55. The third-order valence-electron chi connectivity index (χ3n) is 2.05. The summed E-state index contributed by atoms with van der Waals surface area (Å²) < 4.78 is 0. The molecule has 1 saturated carbocycles. The van der Waals surface area contributed by atoms with Crippen LogP contribution in [0.5, 0.6) is 0 Å². The molecular weight excluding hydrogens is 108 g/mol. The average molecular weight is 122 g/mol. The highest BCUT2D eigenvalue weighted by molar-refractivity contribution is 5.23. The zero-order chi connectivity index (χ0) is 6.85. The second kappa shape index (κ2) is 2.38. The first kappa shape index (κ1) is 6.60. The topological polar surface area (TPSA) is 0 Å². The van der Waals surface area contributed by atoms with E-state index in [1.54, 1.807) is 5.57 Å². The van der Waals surface area contributed by atoms with Crippen molar-refractivity contribution in [2.45, 2.75) is 26.7 Å². The lowest BCUT2D eigenvalue weighted by Gasteiger charge is -1.99. The van der Waals surface area contributed by atoms with Gasteiger partial charge in [-0.15, -0.1) is 0 Å². The van der Waals surface area contributed by atoms with Crippen molar-refractivity contribution in [1.82, 2.24) is 0 Å². The summed E-state index contributed by atoms with van der Waals surface area (Å²) in [4.78, 5) is 0. The molecule has 1 fully saturated rings. The smallest absolute Gasteiger partial charge is 0.0108 e. The highest BCUT2D eigenvalue weighted by Gasteiger charge is 2.17. The molecule has 0 heteroatoms. The molecular formula is C9H14. The molecule has 0 N–H and O–H groups in total. The van der Waals surface area contributed by atoms with Crippen molar-refractivity contribution in [3.05, 3.63) is 23.8 Å². The zero-order valence-corrected chi connectivity index (χ0v) is 6.28. The van der Waals surface area contributed by atoms with Gasteiger partial charge >= 0.3 is 0 Å². The summed E-state index contributed by atoms with van der Waals surface area (Å²) in [7, 11) is 0. The maximum Gasteiger partial charge on any atom is -0.0108 e. The molecule has 0 aromatic rings. The van der Waals surface area contributed by atoms with Crippen LogP contribution in [-0.2, 0) is 0 Å². The van der Waals surface area contributed by atoms with Crippen LogP contribution in [0.25, 0.3) is 0 Å². The van der Waals surface area contributed by atoms with Gasteiger partial charge in [-0.25, -0.2) is 0 Å². The minimum atomic E-state index is 0.766. The highest BCUT2D eigenvalue weighted by atomic mass is 14.2. The number of rotatable bonds is 0. The van der Waals surface area contributed by atoms with Crippen LogP contribution in [0.15, 0.2) is 23.8 Å². The molecule has 0 aromatic heterocycles. The molecule has 0 spiro atoms. The van der Waals surface area contributed by atoms with Crippen molar-refractivity contribution in [2.24, 2.45) is 5.92 Å². The molecule has 0 radical (unpaired) electrons. The van der Waals surface area contributed by atoms with Crippen molar-refractivity contribution < 1.29 is 0 Å². The van der Waals surface area contributed by atoms with Gasteiger partial charge in [0, 0.05) is 0 Å². The van der Waals surface area contributed by atoms with E-state index in [0.717, 1.165) is 12.3 Å². The molecule has 0 bridgehead atoms. The van der Waals surface area contributed by atoms with Crippen LogP contribution < -0.4 is 0 Å². The summed E-state index contributed by atoms with van der Waals surface area (Å²) >= 11 is 0. The normalized spacial score (nSPS) is 32.0. The summed E-state index contributed by atoms with van der Waals surface area (Å²) in [6.45, 7) is 8.35. The van der Waals surface area contributed by atoms with Crippen molar-refractivity contribution in [2.75, 3.05) is 0 Å². The monoisotopic (exact) mass is 122 g/mol. The van der Waals surface area contributed by atoms with E-state index in [-0.39, 0.29) is 0 Å². The Balaban J connectivity index is 2.69. The quantitative estimate of drug-likeness (QED) is 0.433. The van der Waals surface area contributed by atoms with Gasteiger partial charge in [-0.1, -0.05) is 30.7 Å². The summed E-state index contributed by atoms with van der Waals surface area (Å²) in [6, 6.07) is 0. The van der Waals surface area contributed by atoms with Crippen molar-refractivity contribution in [1.29, 1.82) is 0 Å². The van der Waals surface area contributed by atoms with E-state index < -0.39 is 0 Å². The van der Waals surface area contributed by atoms with E-state index in [1.807, 2.05) is 0 Å². The van der Waals surface area contributed by atoms with Gasteiger partial charge in [0.25, 0.3) is 0 Å². The van der Waals surface area contributed by atoms with Crippen LogP contribution in [-0.4, -0.2) is 0 Å². The predicted molar refractivity (Wildman–Crippen MR) is 41.3 cm³/mol. The Morgan fingerprint density at radius 3 is 2.56 bits per heavy atom. The van der Waals surface area contributed by atoms with Gasteiger partial charge < -0.3 is 0 Å². The molecule has 1 aliphatic carbocycles. The van der Waals surface area contributed by atoms with E-state index in [1.165, 1.54) is 12.0 Å². The average Bonchev–Trinajstić information content (AvgIpc) is 2.10. The molecule has 50 valence electrons. The van der Waals surface area contributed by atoms with Crippen LogP contribution in [0.4, 0.5) is 0 Å². The molecule has 0 nitrogen and oxygen atoms in total. The first-order valence-corrected chi connectivity index (χ1v) is 3.55. The standard InChI is InChI=1S/C9H14/c1-4-9-6-7(2)5-8(9)3/h4,8H,2,5-6H2,1,3H3/b9-4-. The lowest BCUT2D eigenvalue weighted by molar-refractivity contribution is 0.737. The molecule has 0 amide bonds. The Morgan fingerprint density at radius 2 is 2.33 bits per heavy atom. The highest BCUT2D eigenvalue weighted by Crippen LogP contribution is 2.33. The third kappa shape index (κ3) is 1.24. The zero-order valence-electron chi connectivity index (χ0n) is 6.28. The first-order chi connectivity index (χ1) is 4.24. The summed E-state index contributed by atoms with van der Waals surface area (Å²) in [5, 5.41) is 0. The Morgan fingerprint density at radius 1 is 1.67 bits per heavy atom. The van der Waals surface area contributed by atoms with E-state index in [0.29, 0.717) is 0 Å². The van der Waals surface area contributed by atoms with Gasteiger partial charge in [0.15, 0.2) is 0 Å². The van der Waals surface area contributed by atoms with Crippen LogP contribution in [0.2, 0.25) is 0 Å². The van der Waals surface area contributed by atoms with Crippen LogP contribution in [0.3, 0.4) is 0 Å². The Bertz CT molecular complexity index is 151. The molecule has 0 aliphatic heterocycles. The summed E-state index contributed by atoms with van der Waals surface area (Å²) in [5.41, 5.74) is 2.97. The number of hydrogen-bond donors (Lipinski definition) is 0. The van der Waals surface area contributed by atoms with Gasteiger partial charge in [0.2, 0.25) is 0 Å². The maximum atomic E-state index is 3.96. The fourth-order valence-corrected chi connectivity index (χ4v) is 1.49. The van der Waals surface area contributed by atoms with Crippen molar-refractivity contribution in [3.63, 3.8) is 0 Å².